The van der Waals surface area contributed by atoms with Crippen LogP contribution in [0.15, 0.2) is 0 Å². The fraction of sp³-hybridized carbons (Fsp3) is 0.818. The molecule has 1 aliphatic rings. The second-order valence-corrected chi connectivity index (χ2v) is 4.55. The lowest BCUT2D eigenvalue weighted by molar-refractivity contribution is -0.142. The number of nitrogens with zero attached hydrogens (tertiary/aromatic N) is 2. The Morgan fingerprint density at radius 3 is 2.16 bits per heavy atom. The van der Waals surface area contributed by atoms with Gasteiger partial charge >= 0.3 is 6.18 Å². The minimum atomic E-state index is -4.40. The van der Waals surface area contributed by atoms with Gasteiger partial charge in [-0.25, -0.2) is 0 Å². The number of rotatable bonds is 3. The third-order valence-corrected chi connectivity index (χ3v) is 3.15. The first kappa shape index (κ1) is 15.7. The normalized spacial score (nSPS) is 19.1. The van der Waals surface area contributed by atoms with Crippen molar-refractivity contribution in [2.45, 2.75) is 26.1 Å². The second-order valence-electron chi connectivity index (χ2n) is 4.55. The van der Waals surface area contributed by atoms with E-state index in [4.69, 9.17) is 0 Å². The summed E-state index contributed by atoms with van der Waals surface area (Å²) in [6, 6.07) is -0.628. The molecule has 0 spiro atoms. The van der Waals surface area contributed by atoms with E-state index in [2.05, 4.69) is 0 Å². The van der Waals surface area contributed by atoms with Crippen LogP contribution in [0.3, 0.4) is 0 Å². The average molecular weight is 281 g/mol. The van der Waals surface area contributed by atoms with Crippen LogP contribution in [0.1, 0.15) is 13.8 Å². The number of carbonyl (C=O) groups is 2. The molecule has 8 heteroatoms. The van der Waals surface area contributed by atoms with E-state index in [1.807, 2.05) is 5.32 Å². The summed E-state index contributed by atoms with van der Waals surface area (Å²) in [5.41, 5.74) is 0. The van der Waals surface area contributed by atoms with Gasteiger partial charge in [-0.05, 0) is 6.92 Å². The van der Waals surface area contributed by atoms with Crippen LogP contribution in [-0.4, -0.2) is 66.6 Å². The summed E-state index contributed by atoms with van der Waals surface area (Å²) in [6.07, 6.45) is -4.40. The van der Waals surface area contributed by atoms with E-state index in [1.54, 1.807) is 16.7 Å². The molecular weight excluding hydrogens is 263 g/mol. The third-order valence-electron chi connectivity index (χ3n) is 3.15. The highest BCUT2D eigenvalue weighted by Crippen LogP contribution is 2.13. The first-order valence-corrected chi connectivity index (χ1v) is 6.05. The molecule has 0 aromatic carbocycles. The predicted molar refractivity (Wildman–Crippen MR) is 62.4 cm³/mol. The molecule has 0 radical (unpaired) electrons. The second kappa shape index (κ2) is 6.23. The molecule has 1 unspecified atom stereocenters. The maximum absolute atomic E-state index is 12.0. The van der Waals surface area contributed by atoms with E-state index in [-0.39, 0.29) is 5.91 Å². The molecule has 1 aliphatic heterocycles. The molecule has 0 bridgehead atoms. The van der Waals surface area contributed by atoms with Crippen molar-refractivity contribution in [3.63, 3.8) is 0 Å². The van der Waals surface area contributed by atoms with Gasteiger partial charge in [-0.2, -0.15) is 13.2 Å². The highest BCUT2D eigenvalue weighted by Gasteiger charge is 2.31. The van der Waals surface area contributed by atoms with E-state index in [1.165, 1.54) is 6.92 Å². The lowest BCUT2D eigenvalue weighted by atomic mass is 10.2. The summed E-state index contributed by atoms with van der Waals surface area (Å²) in [6.45, 7) is 3.67. The number of halogens is 3. The smallest absolute Gasteiger partial charge is 0.346 e. The number of piperazine rings is 1. The average Bonchev–Trinajstić information content (AvgIpc) is 2.34. The van der Waals surface area contributed by atoms with E-state index >= 15 is 0 Å². The van der Waals surface area contributed by atoms with Gasteiger partial charge in [0.15, 0.2) is 0 Å². The van der Waals surface area contributed by atoms with Gasteiger partial charge in [-0.1, -0.05) is 0 Å². The molecule has 1 saturated heterocycles. The fourth-order valence-electron chi connectivity index (χ4n) is 1.92. The van der Waals surface area contributed by atoms with Gasteiger partial charge in [0.2, 0.25) is 11.8 Å². The zero-order valence-electron chi connectivity index (χ0n) is 11.0. The van der Waals surface area contributed by atoms with Crippen LogP contribution in [0.2, 0.25) is 0 Å². The molecule has 1 heterocycles. The number of nitrogens with one attached hydrogen (secondary N) is 1. The molecule has 110 valence electrons. The molecule has 19 heavy (non-hydrogen) atoms. The zero-order valence-corrected chi connectivity index (χ0v) is 11.0. The van der Waals surface area contributed by atoms with Gasteiger partial charge in [0.1, 0.15) is 6.54 Å². The van der Waals surface area contributed by atoms with Crippen molar-refractivity contribution in [3.8, 4) is 0 Å². The number of amides is 2. The van der Waals surface area contributed by atoms with Crippen molar-refractivity contribution in [2.24, 2.45) is 0 Å². The van der Waals surface area contributed by atoms with Crippen LogP contribution in [-0.2, 0) is 9.59 Å². The third kappa shape index (κ3) is 5.06. The van der Waals surface area contributed by atoms with Crippen molar-refractivity contribution < 1.29 is 22.8 Å². The van der Waals surface area contributed by atoms with Crippen molar-refractivity contribution >= 4 is 11.8 Å². The molecule has 1 fully saturated rings. The Kier molecular flexibility index (Phi) is 5.16. The number of carbonyl (C=O) groups excluding carboxylic acids is 2. The van der Waals surface area contributed by atoms with Crippen LogP contribution in [0.25, 0.3) is 0 Å². The van der Waals surface area contributed by atoms with Gasteiger partial charge in [0.25, 0.3) is 0 Å². The Bertz CT molecular complexity index is 339. The molecule has 0 saturated carbocycles. The molecule has 1 rings (SSSR count). The fourth-order valence-corrected chi connectivity index (χ4v) is 1.92. The van der Waals surface area contributed by atoms with Crippen LogP contribution in [0.4, 0.5) is 13.2 Å². The molecule has 1 N–H and O–H groups in total. The minimum Gasteiger partial charge on any atom is -0.346 e. The SMILES string of the molecule is CC(=O)N1CCN(C(C)C(=O)NCC(F)(F)F)CC1. The molecule has 0 aromatic rings. The summed E-state index contributed by atoms with van der Waals surface area (Å²) in [5, 5.41) is 1.87. The number of hydrogen-bond acceptors (Lipinski definition) is 3. The van der Waals surface area contributed by atoms with Crippen molar-refractivity contribution in [1.29, 1.82) is 0 Å². The largest absolute Gasteiger partial charge is 0.405 e. The van der Waals surface area contributed by atoms with Crippen LogP contribution in [0, 0.1) is 0 Å². The van der Waals surface area contributed by atoms with Crippen molar-refractivity contribution in [3.05, 3.63) is 0 Å². The summed E-state index contributed by atoms with van der Waals surface area (Å²) >= 11 is 0. The summed E-state index contributed by atoms with van der Waals surface area (Å²) in [5.74, 6) is -0.678. The van der Waals surface area contributed by atoms with Crippen LogP contribution >= 0.6 is 0 Å². The molecular formula is C11H18F3N3O2. The maximum Gasteiger partial charge on any atom is 0.405 e. The highest BCUT2D eigenvalue weighted by molar-refractivity contribution is 5.81. The van der Waals surface area contributed by atoms with Gasteiger partial charge in [0, 0.05) is 33.1 Å². The molecule has 0 aliphatic carbocycles. The number of alkyl halides is 3. The number of hydrogen-bond donors (Lipinski definition) is 1. The van der Waals surface area contributed by atoms with Crippen LogP contribution in [0.5, 0.6) is 0 Å². The Morgan fingerprint density at radius 2 is 1.74 bits per heavy atom. The molecule has 5 nitrogen and oxygen atoms in total. The van der Waals surface area contributed by atoms with E-state index in [9.17, 15) is 22.8 Å². The minimum absolute atomic E-state index is 0.0335. The topological polar surface area (TPSA) is 52.7 Å². The Hall–Kier alpha value is -1.31. The lowest BCUT2D eigenvalue weighted by Crippen LogP contribution is -2.55. The van der Waals surface area contributed by atoms with E-state index < -0.39 is 24.7 Å². The van der Waals surface area contributed by atoms with Gasteiger partial charge < -0.3 is 10.2 Å². The molecule has 0 aromatic heterocycles. The van der Waals surface area contributed by atoms with E-state index in [0.717, 1.165) is 0 Å². The standard InChI is InChI=1S/C11H18F3N3O2/c1-8(10(19)15-7-11(12,13)14)16-3-5-17(6-4-16)9(2)18/h8H,3-7H2,1-2H3,(H,15,19). The predicted octanol–water partition coefficient (Wildman–Crippen LogP) is 0.217. The maximum atomic E-state index is 12.0. The summed E-state index contributed by atoms with van der Waals surface area (Å²) in [7, 11) is 0. The van der Waals surface area contributed by atoms with Gasteiger partial charge in [0.05, 0.1) is 6.04 Å². The van der Waals surface area contributed by atoms with E-state index in [0.29, 0.717) is 26.2 Å². The Labute approximate surface area is 109 Å². The van der Waals surface area contributed by atoms with Gasteiger partial charge in [-0.15, -0.1) is 0 Å². The monoisotopic (exact) mass is 281 g/mol. The van der Waals surface area contributed by atoms with Gasteiger partial charge in [-0.3, -0.25) is 14.5 Å². The quantitative estimate of drug-likeness (QED) is 0.805. The zero-order chi connectivity index (χ0) is 14.6. The Morgan fingerprint density at radius 1 is 1.21 bits per heavy atom. The highest BCUT2D eigenvalue weighted by atomic mass is 19.4. The van der Waals surface area contributed by atoms with Crippen molar-refractivity contribution in [2.75, 3.05) is 32.7 Å². The molecule has 2 amide bonds. The summed E-state index contributed by atoms with van der Waals surface area (Å²) in [4.78, 5) is 26.1. The molecule has 1 atom stereocenters. The van der Waals surface area contributed by atoms with Crippen molar-refractivity contribution in [1.82, 2.24) is 15.1 Å². The first-order valence-electron chi connectivity index (χ1n) is 6.05. The Balaban J connectivity index is 2.40. The summed E-state index contributed by atoms with van der Waals surface area (Å²) < 4.78 is 36.0. The first-order chi connectivity index (χ1) is 8.70. The van der Waals surface area contributed by atoms with Crippen LogP contribution < -0.4 is 5.32 Å². The lowest BCUT2D eigenvalue weighted by Gasteiger charge is -2.37.